The number of benzene rings is 1. The maximum atomic E-state index is 12.0. The second kappa shape index (κ2) is 5.59. The van der Waals surface area contributed by atoms with E-state index in [1.165, 1.54) is 0 Å². The first kappa shape index (κ1) is 14.5. The van der Waals surface area contributed by atoms with Crippen LogP contribution in [-0.2, 0) is 9.53 Å². The van der Waals surface area contributed by atoms with E-state index in [1.54, 1.807) is 29.6 Å². The number of rotatable bonds is 3. The van der Waals surface area contributed by atoms with Crippen molar-refractivity contribution < 1.29 is 22.7 Å². The molecule has 0 spiro atoms. The molecule has 0 saturated heterocycles. The third kappa shape index (κ3) is 3.34. The van der Waals surface area contributed by atoms with Crippen molar-refractivity contribution in [3.63, 3.8) is 0 Å². The fraction of sp³-hybridized carbons (Fsp3) is 0.167. The van der Waals surface area contributed by atoms with Gasteiger partial charge in [-0.15, -0.1) is 11.3 Å². The Bertz CT molecular complexity index is 598. The van der Waals surface area contributed by atoms with Gasteiger partial charge in [-0.1, -0.05) is 30.3 Å². The molecule has 2 aromatic rings. The number of carbonyl (C=O) groups is 1. The van der Waals surface area contributed by atoms with Crippen molar-refractivity contribution in [2.75, 3.05) is 0 Å². The van der Waals surface area contributed by atoms with Crippen LogP contribution in [0.4, 0.5) is 13.2 Å². The summed E-state index contributed by atoms with van der Waals surface area (Å²) in [5, 5.41) is 1.73. The van der Waals surface area contributed by atoms with Gasteiger partial charge in [0.2, 0.25) is 6.23 Å². The van der Waals surface area contributed by atoms with Crippen molar-refractivity contribution in [1.29, 1.82) is 0 Å². The van der Waals surface area contributed by atoms with E-state index in [0.29, 0.717) is 5.69 Å². The maximum absolute atomic E-state index is 12.0. The highest BCUT2D eigenvalue weighted by Gasteiger charge is 2.42. The van der Waals surface area contributed by atoms with Gasteiger partial charge in [-0.2, -0.15) is 13.2 Å². The Hall–Kier alpha value is -1.93. The van der Waals surface area contributed by atoms with Crippen molar-refractivity contribution in [2.24, 2.45) is 5.73 Å². The smallest absolute Gasteiger partial charge is 0.433 e. The van der Waals surface area contributed by atoms with Crippen molar-refractivity contribution >= 4 is 17.3 Å². The minimum absolute atomic E-state index is 0.0986. The van der Waals surface area contributed by atoms with E-state index in [2.05, 4.69) is 9.72 Å². The average Bonchev–Trinajstić information content (AvgIpc) is 2.88. The van der Waals surface area contributed by atoms with Crippen LogP contribution in [0.1, 0.15) is 11.2 Å². The summed E-state index contributed by atoms with van der Waals surface area (Å²) >= 11 is 1.02. The van der Waals surface area contributed by atoms with Gasteiger partial charge in [-0.25, -0.2) is 9.78 Å². The Morgan fingerprint density at radius 2 is 1.95 bits per heavy atom. The number of ether oxygens (including phenoxy) is 1. The molecular formula is C12H9F3N2O2S. The van der Waals surface area contributed by atoms with Gasteiger partial charge in [-0.3, -0.25) is 5.73 Å². The molecule has 0 aliphatic carbocycles. The summed E-state index contributed by atoms with van der Waals surface area (Å²) in [7, 11) is 0. The van der Waals surface area contributed by atoms with Gasteiger partial charge in [0, 0.05) is 10.9 Å². The Balaban J connectivity index is 2.11. The molecule has 0 amide bonds. The highest BCUT2D eigenvalue weighted by atomic mass is 32.1. The van der Waals surface area contributed by atoms with Crippen molar-refractivity contribution in [3.05, 3.63) is 40.7 Å². The Morgan fingerprint density at radius 3 is 2.55 bits per heavy atom. The third-order valence-electron chi connectivity index (χ3n) is 2.30. The zero-order chi connectivity index (χ0) is 14.8. The molecule has 0 aliphatic heterocycles. The number of hydrogen-bond donors (Lipinski definition) is 1. The SMILES string of the molecule is NC(OC(=O)C(F)(F)F)c1nc(-c2ccccc2)cs1. The third-order valence-corrected chi connectivity index (χ3v) is 3.21. The molecule has 1 atom stereocenters. The van der Waals surface area contributed by atoms with Gasteiger partial charge in [-0.05, 0) is 0 Å². The number of nitrogens with two attached hydrogens (primary N) is 1. The van der Waals surface area contributed by atoms with E-state index in [1.807, 2.05) is 6.07 Å². The number of carbonyl (C=O) groups excluding carboxylic acids is 1. The molecular weight excluding hydrogens is 293 g/mol. The zero-order valence-corrected chi connectivity index (χ0v) is 10.7. The van der Waals surface area contributed by atoms with E-state index < -0.39 is 18.4 Å². The van der Waals surface area contributed by atoms with E-state index in [-0.39, 0.29) is 5.01 Å². The van der Waals surface area contributed by atoms with Crippen LogP contribution in [0.5, 0.6) is 0 Å². The fourth-order valence-electron chi connectivity index (χ4n) is 1.39. The Kier molecular flexibility index (Phi) is 4.05. The summed E-state index contributed by atoms with van der Waals surface area (Å²) in [4.78, 5) is 14.7. The van der Waals surface area contributed by atoms with Gasteiger partial charge in [0.05, 0.1) is 5.69 Å². The molecule has 0 saturated carbocycles. The van der Waals surface area contributed by atoms with Gasteiger partial charge in [0.1, 0.15) is 5.01 Å². The summed E-state index contributed by atoms with van der Waals surface area (Å²) in [5.74, 6) is -2.33. The van der Waals surface area contributed by atoms with Crippen molar-refractivity contribution in [1.82, 2.24) is 4.98 Å². The lowest BCUT2D eigenvalue weighted by Gasteiger charge is -2.11. The Morgan fingerprint density at radius 1 is 1.30 bits per heavy atom. The highest BCUT2D eigenvalue weighted by Crippen LogP contribution is 2.26. The van der Waals surface area contributed by atoms with Crippen LogP contribution in [0.25, 0.3) is 11.3 Å². The minimum atomic E-state index is -5.07. The predicted octanol–water partition coefficient (Wildman–Crippen LogP) is 2.87. The van der Waals surface area contributed by atoms with Crippen LogP contribution in [0, 0.1) is 0 Å². The minimum Gasteiger partial charge on any atom is -0.433 e. The molecule has 0 aliphatic rings. The zero-order valence-electron chi connectivity index (χ0n) is 9.92. The summed E-state index contributed by atoms with van der Waals surface area (Å²) < 4.78 is 40.3. The van der Waals surface area contributed by atoms with Crippen LogP contribution < -0.4 is 5.73 Å². The number of alkyl halides is 3. The van der Waals surface area contributed by atoms with Gasteiger partial charge in [0.25, 0.3) is 0 Å². The summed E-state index contributed by atoms with van der Waals surface area (Å²) in [5.41, 5.74) is 6.74. The van der Waals surface area contributed by atoms with E-state index in [9.17, 15) is 18.0 Å². The van der Waals surface area contributed by atoms with E-state index >= 15 is 0 Å². The van der Waals surface area contributed by atoms with Crippen LogP contribution in [0.15, 0.2) is 35.7 Å². The topological polar surface area (TPSA) is 65.2 Å². The van der Waals surface area contributed by atoms with Crippen LogP contribution in [-0.4, -0.2) is 17.1 Å². The van der Waals surface area contributed by atoms with Gasteiger partial charge in [0.15, 0.2) is 0 Å². The second-order valence-electron chi connectivity index (χ2n) is 3.76. The summed E-state index contributed by atoms with van der Waals surface area (Å²) in [6, 6.07) is 9.03. The largest absolute Gasteiger partial charge is 0.490 e. The van der Waals surface area contributed by atoms with E-state index in [0.717, 1.165) is 16.9 Å². The molecule has 0 fully saturated rings. The quantitative estimate of drug-likeness (QED) is 0.699. The van der Waals surface area contributed by atoms with Gasteiger partial charge >= 0.3 is 12.1 Å². The fourth-order valence-corrected chi connectivity index (χ4v) is 2.15. The molecule has 1 unspecified atom stereocenters. The molecule has 2 N–H and O–H groups in total. The number of halogens is 3. The highest BCUT2D eigenvalue weighted by molar-refractivity contribution is 7.10. The molecule has 1 aromatic heterocycles. The van der Waals surface area contributed by atoms with E-state index in [4.69, 9.17) is 5.73 Å². The normalized spacial score (nSPS) is 13.0. The molecule has 1 heterocycles. The van der Waals surface area contributed by atoms with Gasteiger partial charge < -0.3 is 4.74 Å². The molecule has 0 radical (unpaired) electrons. The second-order valence-corrected chi connectivity index (χ2v) is 4.65. The summed E-state index contributed by atoms with van der Waals surface area (Å²) in [6.45, 7) is 0. The molecule has 1 aromatic carbocycles. The Labute approximate surface area is 116 Å². The first-order valence-corrected chi connectivity index (χ1v) is 6.30. The van der Waals surface area contributed by atoms with Crippen LogP contribution in [0.3, 0.4) is 0 Å². The lowest BCUT2D eigenvalue weighted by atomic mass is 10.2. The van der Waals surface area contributed by atoms with Crippen molar-refractivity contribution in [2.45, 2.75) is 12.4 Å². The molecule has 4 nitrogen and oxygen atoms in total. The molecule has 0 bridgehead atoms. The number of aromatic nitrogens is 1. The number of esters is 1. The average molecular weight is 302 g/mol. The standard InChI is InChI=1S/C12H9F3N2O2S/c13-12(14,15)11(18)19-9(16)10-17-8(6-20-10)7-4-2-1-3-5-7/h1-6,9H,16H2. The molecule has 2 rings (SSSR count). The first-order chi connectivity index (χ1) is 9.38. The number of hydrogen-bond acceptors (Lipinski definition) is 5. The maximum Gasteiger partial charge on any atom is 0.490 e. The molecule has 106 valence electrons. The lowest BCUT2D eigenvalue weighted by Crippen LogP contribution is -2.29. The first-order valence-electron chi connectivity index (χ1n) is 5.42. The monoisotopic (exact) mass is 302 g/mol. The molecule has 8 heteroatoms. The predicted molar refractivity (Wildman–Crippen MR) is 66.6 cm³/mol. The van der Waals surface area contributed by atoms with Crippen molar-refractivity contribution in [3.8, 4) is 11.3 Å². The van der Waals surface area contributed by atoms with Crippen LogP contribution >= 0.6 is 11.3 Å². The number of thiazole rings is 1. The molecule has 20 heavy (non-hydrogen) atoms. The number of nitrogens with zero attached hydrogens (tertiary/aromatic N) is 1. The van der Waals surface area contributed by atoms with Crippen LogP contribution in [0.2, 0.25) is 0 Å². The summed E-state index contributed by atoms with van der Waals surface area (Å²) in [6.07, 6.45) is -6.61. The lowest BCUT2D eigenvalue weighted by molar-refractivity contribution is -0.205.